The van der Waals surface area contributed by atoms with Gasteiger partial charge in [0.05, 0.1) is 0 Å². The summed E-state index contributed by atoms with van der Waals surface area (Å²) < 4.78 is 1.99. The quantitative estimate of drug-likeness (QED) is 0.791. The highest BCUT2D eigenvalue weighted by Gasteiger charge is 2.25. The Balaban J connectivity index is 1.85. The Kier molecular flexibility index (Phi) is 4.33. The van der Waals surface area contributed by atoms with Crippen molar-refractivity contribution in [3.05, 3.63) is 27.1 Å². The Labute approximate surface area is 140 Å². The zero-order valence-electron chi connectivity index (χ0n) is 11.7. The van der Waals surface area contributed by atoms with Gasteiger partial charge in [-0.15, -0.1) is 5.10 Å². The maximum Gasteiger partial charge on any atom is 0.245 e. The molecule has 7 heteroatoms. The number of piperidine rings is 1. The van der Waals surface area contributed by atoms with Gasteiger partial charge in [0.1, 0.15) is 0 Å². The van der Waals surface area contributed by atoms with E-state index in [1.807, 2.05) is 18.2 Å². The first-order valence-corrected chi connectivity index (χ1v) is 8.51. The van der Waals surface area contributed by atoms with Crippen LogP contribution in [0.3, 0.4) is 0 Å². The van der Waals surface area contributed by atoms with Gasteiger partial charge >= 0.3 is 0 Å². The molecule has 0 saturated carbocycles. The molecular formula is C14H17Br2N5. The summed E-state index contributed by atoms with van der Waals surface area (Å²) in [6.45, 7) is 3.95. The van der Waals surface area contributed by atoms with Crippen LogP contribution < -0.4 is 10.6 Å². The van der Waals surface area contributed by atoms with E-state index in [0.29, 0.717) is 5.92 Å². The van der Waals surface area contributed by atoms with E-state index in [2.05, 4.69) is 58.9 Å². The molecule has 2 heterocycles. The first-order chi connectivity index (χ1) is 10.0. The minimum atomic E-state index is 0.179. The van der Waals surface area contributed by atoms with Gasteiger partial charge in [0.2, 0.25) is 5.95 Å². The van der Waals surface area contributed by atoms with Crippen LogP contribution in [0.2, 0.25) is 0 Å². The molecule has 112 valence electrons. The first-order valence-electron chi connectivity index (χ1n) is 6.93. The molecule has 3 N–H and O–H groups in total. The predicted octanol–water partition coefficient (Wildman–Crippen LogP) is 3.17. The number of rotatable bonds is 2. The van der Waals surface area contributed by atoms with Gasteiger partial charge < -0.3 is 10.6 Å². The van der Waals surface area contributed by atoms with Gasteiger partial charge in [-0.25, -0.2) is 0 Å². The Morgan fingerprint density at radius 2 is 2.19 bits per heavy atom. The van der Waals surface area contributed by atoms with Crippen molar-refractivity contribution in [3.8, 4) is 11.4 Å². The van der Waals surface area contributed by atoms with Gasteiger partial charge in [0.25, 0.3) is 0 Å². The standard InChI is InChI=1S/C14H17Br2N5/c1-8-4-5-21(7-12(8)17)14-18-13(19-20-14)10-6-9(15)2-3-11(10)16/h2-3,6,8,12H,4-5,7,17H2,1H3,(H,18,19,20). The van der Waals surface area contributed by atoms with E-state index in [0.717, 1.165) is 45.8 Å². The lowest BCUT2D eigenvalue weighted by atomic mass is 9.95. The van der Waals surface area contributed by atoms with E-state index >= 15 is 0 Å². The number of aromatic nitrogens is 3. The molecule has 0 radical (unpaired) electrons. The van der Waals surface area contributed by atoms with Crippen molar-refractivity contribution in [1.29, 1.82) is 0 Å². The van der Waals surface area contributed by atoms with Gasteiger partial charge in [-0.2, -0.15) is 4.98 Å². The van der Waals surface area contributed by atoms with E-state index < -0.39 is 0 Å². The molecule has 0 spiro atoms. The van der Waals surface area contributed by atoms with Crippen molar-refractivity contribution >= 4 is 37.8 Å². The zero-order chi connectivity index (χ0) is 15.0. The highest BCUT2D eigenvalue weighted by Crippen LogP contribution is 2.30. The van der Waals surface area contributed by atoms with Crippen LogP contribution in [0.4, 0.5) is 5.95 Å². The highest BCUT2D eigenvalue weighted by molar-refractivity contribution is 9.11. The maximum atomic E-state index is 6.15. The SMILES string of the molecule is CC1CCN(c2n[nH]c(-c3cc(Br)ccc3Br)n2)CC1N. The highest BCUT2D eigenvalue weighted by atomic mass is 79.9. The van der Waals surface area contributed by atoms with Gasteiger partial charge in [0, 0.05) is 33.6 Å². The molecule has 1 fully saturated rings. The smallest absolute Gasteiger partial charge is 0.245 e. The van der Waals surface area contributed by atoms with Crippen LogP contribution in [0.15, 0.2) is 27.1 Å². The molecule has 5 nitrogen and oxygen atoms in total. The number of halogens is 2. The predicted molar refractivity (Wildman–Crippen MR) is 91.2 cm³/mol. The number of aromatic amines is 1. The second kappa shape index (κ2) is 6.06. The molecule has 1 aromatic carbocycles. The fourth-order valence-electron chi connectivity index (χ4n) is 2.47. The molecule has 0 bridgehead atoms. The summed E-state index contributed by atoms with van der Waals surface area (Å²) in [5, 5.41) is 7.36. The van der Waals surface area contributed by atoms with Crippen molar-refractivity contribution in [2.45, 2.75) is 19.4 Å². The molecular weight excluding hydrogens is 398 g/mol. The van der Waals surface area contributed by atoms with Crippen molar-refractivity contribution in [3.63, 3.8) is 0 Å². The fourth-order valence-corrected chi connectivity index (χ4v) is 3.27. The summed E-state index contributed by atoms with van der Waals surface area (Å²) >= 11 is 7.03. The summed E-state index contributed by atoms with van der Waals surface area (Å²) in [6, 6.07) is 6.16. The normalized spacial score (nSPS) is 22.6. The van der Waals surface area contributed by atoms with Crippen LogP contribution >= 0.6 is 31.9 Å². The molecule has 0 amide bonds. The maximum absolute atomic E-state index is 6.15. The number of nitrogens with two attached hydrogens (primary N) is 1. The number of benzene rings is 1. The van der Waals surface area contributed by atoms with E-state index in [1.54, 1.807) is 0 Å². The molecule has 2 atom stereocenters. The summed E-state index contributed by atoms with van der Waals surface area (Å²) in [5.74, 6) is 2.03. The molecule has 2 unspecified atom stereocenters. The largest absolute Gasteiger partial charge is 0.338 e. The van der Waals surface area contributed by atoms with E-state index in [1.165, 1.54) is 0 Å². The van der Waals surface area contributed by atoms with Gasteiger partial charge in [0.15, 0.2) is 5.82 Å². The number of H-pyrrole nitrogens is 1. The molecule has 2 aromatic rings. The third kappa shape index (κ3) is 3.14. The van der Waals surface area contributed by atoms with Gasteiger partial charge in [-0.05, 0) is 30.5 Å². The van der Waals surface area contributed by atoms with E-state index in [9.17, 15) is 0 Å². The number of hydrogen-bond donors (Lipinski definition) is 2. The third-order valence-corrected chi connectivity index (χ3v) is 5.14. The summed E-state index contributed by atoms with van der Waals surface area (Å²) in [5.41, 5.74) is 7.13. The fraction of sp³-hybridized carbons (Fsp3) is 0.429. The monoisotopic (exact) mass is 413 g/mol. The number of nitrogens with zero attached hydrogens (tertiary/aromatic N) is 3. The minimum absolute atomic E-state index is 0.179. The first kappa shape index (κ1) is 15.0. The Hall–Kier alpha value is -0.920. The summed E-state index contributed by atoms with van der Waals surface area (Å²) in [6.07, 6.45) is 1.08. The second-order valence-corrected chi connectivity index (χ2v) is 7.25. The lowest BCUT2D eigenvalue weighted by Crippen LogP contribution is -2.48. The molecule has 21 heavy (non-hydrogen) atoms. The van der Waals surface area contributed by atoms with Gasteiger partial charge in [-0.1, -0.05) is 38.8 Å². The molecule has 1 aliphatic heterocycles. The second-order valence-electron chi connectivity index (χ2n) is 5.48. The van der Waals surface area contributed by atoms with Crippen molar-refractivity contribution in [2.24, 2.45) is 11.7 Å². The Morgan fingerprint density at radius 3 is 2.95 bits per heavy atom. The Morgan fingerprint density at radius 1 is 1.38 bits per heavy atom. The zero-order valence-corrected chi connectivity index (χ0v) is 14.9. The molecule has 1 aliphatic rings. The van der Waals surface area contributed by atoms with Crippen LogP contribution in [0.5, 0.6) is 0 Å². The van der Waals surface area contributed by atoms with Crippen LogP contribution in [-0.4, -0.2) is 34.3 Å². The van der Waals surface area contributed by atoms with E-state index in [-0.39, 0.29) is 6.04 Å². The summed E-state index contributed by atoms with van der Waals surface area (Å²) in [7, 11) is 0. The topological polar surface area (TPSA) is 70.8 Å². The summed E-state index contributed by atoms with van der Waals surface area (Å²) in [4.78, 5) is 6.77. The molecule has 0 aliphatic carbocycles. The van der Waals surface area contributed by atoms with Crippen molar-refractivity contribution < 1.29 is 0 Å². The Bertz CT molecular complexity index is 642. The lowest BCUT2D eigenvalue weighted by Gasteiger charge is -2.34. The van der Waals surface area contributed by atoms with Crippen LogP contribution in [0, 0.1) is 5.92 Å². The van der Waals surface area contributed by atoms with Crippen LogP contribution in [-0.2, 0) is 0 Å². The van der Waals surface area contributed by atoms with E-state index in [4.69, 9.17) is 5.73 Å². The average molecular weight is 415 g/mol. The number of hydrogen-bond acceptors (Lipinski definition) is 4. The van der Waals surface area contributed by atoms with Crippen molar-refractivity contribution in [2.75, 3.05) is 18.0 Å². The number of nitrogens with one attached hydrogen (secondary N) is 1. The molecule has 3 rings (SSSR count). The van der Waals surface area contributed by atoms with Crippen LogP contribution in [0.1, 0.15) is 13.3 Å². The van der Waals surface area contributed by atoms with Crippen LogP contribution in [0.25, 0.3) is 11.4 Å². The van der Waals surface area contributed by atoms with Crippen molar-refractivity contribution in [1.82, 2.24) is 15.2 Å². The lowest BCUT2D eigenvalue weighted by molar-refractivity contribution is 0.376. The third-order valence-electron chi connectivity index (χ3n) is 3.96. The minimum Gasteiger partial charge on any atom is -0.338 e. The molecule has 1 aromatic heterocycles. The molecule has 1 saturated heterocycles. The van der Waals surface area contributed by atoms with Gasteiger partial charge in [-0.3, -0.25) is 5.10 Å². The number of anilines is 1. The average Bonchev–Trinajstić information content (AvgIpc) is 2.94.